The number of anilines is 1. The van der Waals surface area contributed by atoms with Gasteiger partial charge in [0.25, 0.3) is 11.6 Å². The van der Waals surface area contributed by atoms with E-state index >= 15 is 0 Å². The number of nitro benzene ring substituents is 1. The van der Waals surface area contributed by atoms with Crippen molar-refractivity contribution in [3.05, 3.63) is 93.5 Å². The van der Waals surface area contributed by atoms with Gasteiger partial charge in [-0.25, -0.2) is 4.98 Å². The Balaban J connectivity index is 1.70. The first kappa shape index (κ1) is 21.5. The molecule has 1 heterocycles. The average Bonchev–Trinajstić information content (AvgIpc) is 3.23. The summed E-state index contributed by atoms with van der Waals surface area (Å²) in [6, 6.07) is 20.1. The van der Waals surface area contributed by atoms with E-state index in [-0.39, 0.29) is 11.6 Å². The van der Waals surface area contributed by atoms with Crippen LogP contribution in [0.3, 0.4) is 0 Å². The van der Waals surface area contributed by atoms with Crippen molar-refractivity contribution >= 4 is 39.7 Å². The number of carbonyl (C=O) groups excluding carboxylic acids is 1. The monoisotopic (exact) mass is 465 g/mol. The molecule has 0 saturated heterocycles. The zero-order valence-corrected chi connectivity index (χ0v) is 18.3. The maximum absolute atomic E-state index is 12.7. The predicted molar refractivity (Wildman–Crippen MR) is 126 cm³/mol. The Kier molecular flexibility index (Phi) is 6.16. The second kappa shape index (κ2) is 9.17. The Hall–Kier alpha value is -3.75. The van der Waals surface area contributed by atoms with Crippen LogP contribution in [0.25, 0.3) is 21.7 Å². The van der Waals surface area contributed by atoms with Crippen LogP contribution in [-0.4, -0.2) is 22.9 Å². The molecule has 0 unspecified atom stereocenters. The molecule has 1 N–H and O–H groups in total. The van der Waals surface area contributed by atoms with Crippen LogP contribution in [0.5, 0.6) is 5.75 Å². The van der Waals surface area contributed by atoms with E-state index in [0.717, 1.165) is 10.4 Å². The molecule has 7 nitrogen and oxygen atoms in total. The van der Waals surface area contributed by atoms with E-state index in [2.05, 4.69) is 10.3 Å². The fourth-order valence-corrected chi connectivity index (χ4v) is 4.13. The van der Waals surface area contributed by atoms with Crippen molar-refractivity contribution in [3.63, 3.8) is 0 Å². The number of rotatable bonds is 6. The molecule has 160 valence electrons. The van der Waals surface area contributed by atoms with E-state index in [4.69, 9.17) is 16.3 Å². The minimum absolute atomic E-state index is 0.00921. The number of nitrogens with zero attached hydrogens (tertiary/aromatic N) is 2. The van der Waals surface area contributed by atoms with Gasteiger partial charge in [-0.15, -0.1) is 0 Å². The SMILES string of the molecule is COc1ccc(C(=O)Nc2nc(-c3ccc([N+](=O)[O-])cc3)c(-c3ccc(Cl)cc3)s2)cc1. The molecule has 0 aliphatic rings. The summed E-state index contributed by atoms with van der Waals surface area (Å²) in [5, 5.41) is 14.8. The molecule has 1 aromatic heterocycles. The number of halogens is 1. The number of methoxy groups -OCH3 is 1. The predicted octanol–water partition coefficient (Wildman–Crippen LogP) is 6.30. The lowest BCUT2D eigenvalue weighted by Gasteiger charge is -2.03. The van der Waals surface area contributed by atoms with E-state index in [1.165, 1.54) is 23.5 Å². The molecule has 9 heteroatoms. The maximum Gasteiger partial charge on any atom is 0.269 e. The number of benzene rings is 3. The molecule has 0 atom stereocenters. The lowest BCUT2D eigenvalue weighted by molar-refractivity contribution is -0.384. The standard InChI is InChI=1S/C23H16ClN3O4S/c1-31-19-12-6-16(7-13-19)22(28)26-23-25-20(14-4-10-18(11-5-14)27(29)30)21(32-23)15-2-8-17(24)9-3-15/h2-13H,1H3,(H,25,26,28). The molecular formula is C23H16ClN3O4S. The Morgan fingerprint density at radius 2 is 1.62 bits per heavy atom. The van der Waals surface area contributed by atoms with Crippen LogP contribution in [0.15, 0.2) is 72.8 Å². The number of hydrogen-bond acceptors (Lipinski definition) is 6. The summed E-state index contributed by atoms with van der Waals surface area (Å²) in [5.41, 5.74) is 2.63. The van der Waals surface area contributed by atoms with E-state index in [0.29, 0.717) is 32.7 Å². The first-order valence-corrected chi connectivity index (χ1v) is 10.6. The quantitative estimate of drug-likeness (QED) is 0.266. The highest BCUT2D eigenvalue weighted by Gasteiger charge is 2.18. The highest BCUT2D eigenvalue weighted by molar-refractivity contribution is 7.19. The topological polar surface area (TPSA) is 94.4 Å². The number of ether oxygens (including phenoxy) is 1. The first-order chi connectivity index (χ1) is 15.4. The lowest BCUT2D eigenvalue weighted by atomic mass is 10.1. The number of hydrogen-bond donors (Lipinski definition) is 1. The Morgan fingerprint density at radius 1 is 1.00 bits per heavy atom. The molecule has 0 aliphatic carbocycles. The van der Waals surface area contributed by atoms with Crippen LogP contribution in [0.4, 0.5) is 10.8 Å². The van der Waals surface area contributed by atoms with Gasteiger partial charge in [-0.3, -0.25) is 20.2 Å². The zero-order valence-electron chi connectivity index (χ0n) is 16.7. The highest BCUT2D eigenvalue weighted by atomic mass is 35.5. The van der Waals surface area contributed by atoms with Gasteiger partial charge in [0.05, 0.1) is 22.6 Å². The van der Waals surface area contributed by atoms with E-state index < -0.39 is 4.92 Å². The summed E-state index contributed by atoms with van der Waals surface area (Å²) >= 11 is 7.33. The minimum Gasteiger partial charge on any atom is -0.497 e. The van der Waals surface area contributed by atoms with Gasteiger partial charge in [0.2, 0.25) is 0 Å². The van der Waals surface area contributed by atoms with Crippen LogP contribution < -0.4 is 10.1 Å². The van der Waals surface area contributed by atoms with E-state index in [1.54, 1.807) is 55.6 Å². The number of amides is 1. The van der Waals surface area contributed by atoms with Crippen LogP contribution in [0.1, 0.15) is 10.4 Å². The second-order valence-corrected chi connectivity index (χ2v) is 8.13. The van der Waals surface area contributed by atoms with Crippen LogP contribution in [-0.2, 0) is 0 Å². The van der Waals surface area contributed by atoms with Gasteiger partial charge in [0.1, 0.15) is 5.75 Å². The molecule has 4 aromatic rings. The molecular weight excluding hydrogens is 450 g/mol. The van der Waals surface area contributed by atoms with Crippen molar-refractivity contribution in [2.75, 3.05) is 12.4 Å². The lowest BCUT2D eigenvalue weighted by Crippen LogP contribution is -2.11. The van der Waals surface area contributed by atoms with Crippen LogP contribution >= 0.6 is 22.9 Å². The van der Waals surface area contributed by atoms with E-state index in [9.17, 15) is 14.9 Å². The highest BCUT2D eigenvalue weighted by Crippen LogP contribution is 2.40. The first-order valence-electron chi connectivity index (χ1n) is 9.41. The van der Waals surface area contributed by atoms with Crippen molar-refractivity contribution in [2.24, 2.45) is 0 Å². The molecule has 0 aliphatic heterocycles. The molecule has 4 rings (SSSR count). The fraction of sp³-hybridized carbons (Fsp3) is 0.0435. The van der Waals surface area contributed by atoms with Crippen LogP contribution in [0, 0.1) is 10.1 Å². The number of nitro groups is 1. The number of aromatic nitrogens is 1. The Labute approximate surface area is 192 Å². The van der Waals surface area contributed by atoms with Crippen molar-refractivity contribution in [1.29, 1.82) is 0 Å². The van der Waals surface area contributed by atoms with Gasteiger partial charge in [-0.05, 0) is 54.1 Å². The van der Waals surface area contributed by atoms with Crippen LogP contribution in [0.2, 0.25) is 5.02 Å². The molecule has 0 bridgehead atoms. The summed E-state index contributed by atoms with van der Waals surface area (Å²) in [6.07, 6.45) is 0. The Morgan fingerprint density at radius 3 is 2.22 bits per heavy atom. The van der Waals surface area contributed by atoms with Crippen molar-refractivity contribution < 1.29 is 14.5 Å². The average molecular weight is 466 g/mol. The second-order valence-electron chi connectivity index (χ2n) is 6.69. The normalized spacial score (nSPS) is 10.6. The number of thiazole rings is 1. The van der Waals surface area contributed by atoms with Gasteiger partial charge < -0.3 is 4.74 Å². The third-order valence-electron chi connectivity index (χ3n) is 4.66. The summed E-state index contributed by atoms with van der Waals surface area (Å²) in [7, 11) is 1.56. The number of carbonyl (C=O) groups is 1. The largest absolute Gasteiger partial charge is 0.497 e. The molecule has 0 fully saturated rings. The summed E-state index contributed by atoms with van der Waals surface area (Å²) in [5.74, 6) is 0.348. The van der Waals surface area contributed by atoms with Crippen molar-refractivity contribution in [2.45, 2.75) is 0 Å². The van der Waals surface area contributed by atoms with E-state index in [1.807, 2.05) is 12.1 Å². The molecule has 0 radical (unpaired) electrons. The third-order valence-corrected chi connectivity index (χ3v) is 5.93. The van der Waals surface area contributed by atoms with Gasteiger partial charge in [-0.2, -0.15) is 0 Å². The number of non-ortho nitro benzene ring substituents is 1. The minimum atomic E-state index is -0.453. The van der Waals surface area contributed by atoms with Gasteiger partial charge in [0.15, 0.2) is 5.13 Å². The summed E-state index contributed by atoms with van der Waals surface area (Å²) in [6.45, 7) is 0. The van der Waals surface area contributed by atoms with Gasteiger partial charge in [0, 0.05) is 28.3 Å². The molecule has 32 heavy (non-hydrogen) atoms. The number of nitrogens with one attached hydrogen (secondary N) is 1. The molecule has 3 aromatic carbocycles. The summed E-state index contributed by atoms with van der Waals surface area (Å²) < 4.78 is 5.12. The molecule has 1 amide bonds. The van der Waals surface area contributed by atoms with Gasteiger partial charge in [-0.1, -0.05) is 35.1 Å². The molecule has 0 saturated carbocycles. The Bertz CT molecular complexity index is 1270. The smallest absolute Gasteiger partial charge is 0.269 e. The van der Waals surface area contributed by atoms with Crippen molar-refractivity contribution in [3.8, 4) is 27.4 Å². The zero-order chi connectivity index (χ0) is 22.7. The third kappa shape index (κ3) is 4.61. The molecule has 0 spiro atoms. The summed E-state index contributed by atoms with van der Waals surface area (Å²) in [4.78, 5) is 28.7. The van der Waals surface area contributed by atoms with Crippen molar-refractivity contribution in [1.82, 2.24) is 4.98 Å². The van der Waals surface area contributed by atoms with Gasteiger partial charge >= 0.3 is 0 Å². The maximum atomic E-state index is 12.7. The fourth-order valence-electron chi connectivity index (χ4n) is 3.02.